The molecule has 21 heavy (non-hydrogen) atoms. The van der Waals surface area contributed by atoms with E-state index in [0.717, 1.165) is 23.4 Å². The first-order chi connectivity index (χ1) is 10.0. The monoisotopic (exact) mass is 295 g/mol. The van der Waals surface area contributed by atoms with Gasteiger partial charge in [-0.05, 0) is 36.9 Å². The van der Waals surface area contributed by atoms with E-state index in [4.69, 9.17) is 4.74 Å². The van der Waals surface area contributed by atoms with Crippen LogP contribution in [0.1, 0.15) is 17.2 Å². The Balaban J connectivity index is 2.04. The number of likely N-dealkylation sites (N-methyl/N-ethyl adjacent to an activating group) is 1. The van der Waals surface area contributed by atoms with Gasteiger partial charge in [0.2, 0.25) is 0 Å². The highest BCUT2D eigenvalue weighted by Gasteiger charge is 2.30. The minimum atomic E-state index is -4.31. The van der Waals surface area contributed by atoms with Crippen LogP contribution < -0.4 is 10.1 Å². The SMILES string of the molecule is CNC(COc1ccccc1)c1ccc(C(F)(F)F)cc1. The van der Waals surface area contributed by atoms with Crippen molar-refractivity contribution < 1.29 is 17.9 Å². The fourth-order valence-corrected chi connectivity index (χ4v) is 1.95. The highest BCUT2D eigenvalue weighted by molar-refractivity contribution is 5.27. The highest BCUT2D eigenvalue weighted by atomic mass is 19.4. The van der Waals surface area contributed by atoms with E-state index in [1.807, 2.05) is 30.3 Å². The van der Waals surface area contributed by atoms with Crippen molar-refractivity contribution in [2.75, 3.05) is 13.7 Å². The number of nitrogens with one attached hydrogen (secondary N) is 1. The van der Waals surface area contributed by atoms with Crippen LogP contribution >= 0.6 is 0 Å². The highest BCUT2D eigenvalue weighted by Crippen LogP contribution is 2.30. The first kappa shape index (κ1) is 15.4. The minimum Gasteiger partial charge on any atom is -0.492 e. The third-order valence-electron chi connectivity index (χ3n) is 3.15. The van der Waals surface area contributed by atoms with Gasteiger partial charge in [0.1, 0.15) is 12.4 Å². The van der Waals surface area contributed by atoms with E-state index in [1.165, 1.54) is 12.1 Å². The summed E-state index contributed by atoms with van der Waals surface area (Å²) in [7, 11) is 1.75. The molecule has 2 aromatic rings. The van der Waals surface area contributed by atoms with Crippen LogP contribution in [0.25, 0.3) is 0 Å². The van der Waals surface area contributed by atoms with Gasteiger partial charge in [-0.15, -0.1) is 0 Å². The third kappa shape index (κ3) is 4.23. The number of para-hydroxylation sites is 1. The fourth-order valence-electron chi connectivity index (χ4n) is 1.95. The largest absolute Gasteiger partial charge is 0.492 e. The van der Waals surface area contributed by atoms with Gasteiger partial charge < -0.3 is 10.1 Å². The second-order valence-electron chi connectivity index (χ2n) is 4.59. The predicted octanol–water partition coefficient (Wildman–Crippen LogP) is 4.04. The summed E-state index contributed by atoms with van der Waals surface area (Å²) in [5.74, 6) is 0.727. The summed E-state index contributed by atoms with van der Waals surface area (Å²) in [6, 6.07) is 14.2. The van der Waals surface area contributed by atoms with Crippen molar-refractivity contribution in [3.05, 3.63) is 65.7 Å². The lowest BCUT2D eigenvalue weighted by Gasteiger charge is -2.18. The van der Waals surface area contributed by atoms with Crippen molar-refractivity contribution in [1.82, 2.24) is 5.32 Å². The lowest BCUT2D eigenvalue weighted by molar-refractivity contribution is -0.137. The Morgan fingerprint density at radius 2 is 1.62 bits per heavy atom. The molecule has 0 heterocycles. The summed E-state index contributed by atoms with van der Waals surface area (Å²) < 4.78 is 43.2. The van der Waals surface area contributed by atoms with Crippen LogP contribution in [0, 0.1) is 0 Å². The van der Waals surface area contributed by atoms with Crippen LogP contribution in [-0.2, 0) is 6.18 Å². The van der Waals surface area contributed by atoms with E-state index < -0.39 is 11.7 Å². The number of ether oxygens (including phenoxy) is 1. The van der Waals surface area contributed by atoms with Gasteiger partial charge in [0.05, 0.1) is 11.6 Å². The third-order valence-corrected chi connectivity index (χ3v) is 3.15. The smallest absolute Gasteiger partial charge is 0.416 e. The van der Waals surface area contributed by atoms with Crippen molar-refractivity contribution >= 4 is 0 Å². The molecule has 0 radical (unpaired) electrons. The molecule has 5 heteroatoms. The summed E-state index contributed by atoms with van der Waals surface area (Å²) in [5.41, 5.74) is 0.103. The molecule has 0 bridgehead atoms. The molecule has 0 amide bonds. The van der Waals surface area contributed by atoms with Crippen molar-refractivity contribution in [1.29, 1.82) is 0 Å². The van der Waals surface area contributed by atoms with Gasteiger partial charge in [0.15, 0.2) is 0 Å². The maximum absolute atomic E-state index is 12.5. The molecule has 0 aliphatic heterocycles. The number of alkyl halides is 3. The molecule has 2 aromatic carbocycles. The zero-order valence-corrected chi connectivity index (χ0v) is 11.5. The quantitative estimate of drug-likeness (QED) is 0.898. The summed E-state index contributed by atoms with van der Waals surface area (Å²) in [4.78, 5) is 0. The average Bonchev–Trinajstić information content (AvgIpc) is 2.48. The van der Waals surface area contributed by atoms with Crippen LogP contribution in [0.3, 0.4) is 0 Å². The molecule has 0 spiro atoms. The molecule has 1 N–H and O–H groups in total. The van der Waals surface area contributed by atoms with E-state index in [9.17, 15) is 13.2 Å². The van der Waals surface area contributed by atoms with Crippen LogP contribution in [0.2, 0.25) is 0 Å². The van der Waals surface area contributed by atoms with Gasteiger partial charge >= 0.3 is 6.18 Å². The Hall–Kier alpha value is -2.01. The van der Waals surface area contributed by atoms with E-state index in [-0.39, 0.29) is 6.04 Å². The molecular formula is C16H16F3NO. The molecule has 0 fully saturated rings. The topological polar surface area (TPSA) is 21.3 Å². The standard InChI is InChI=1S/C16H16F3NO/c1-20-15(11-21-14-5-3-2-4-6-14)12-7-9-13(10-8-12)16(17,18)19/h2-10,15,20H,11H2,1H3. The molecule has 112 valence electrons. The van der Waals surface area contributed by atoms with Crippen molar-refractivity contribution in [3.63, 3.8) is 0 Å². The Morgan fingerprint density at radius 3 is 2.14 bits per heavy atom. The number of hydrogen-bond acceptors (Lipinski definition) is 2. The van der Waals surface area contributed by atoms with Crippen LogP contribution in [-0.4, -0.2) is 13.7 Å². The Labute approximate surface area is 121 Å². The number of benzene rings is 2. The summed E-state index contributed by atoms with van der Waals surface area (Å²) in [6.07, 6.45) is -4.31. The van der Waals surface area contributed by atoms with Crippen LogP contribution in [0.15, 0.2) is 54.6 Å². The molecule has 0 saturated heterocycles. The Kier molecular flexibility index (Phi) is 4.85. The number of rotatable bonds is 5. The van der Waals surface area contributed by atoms with E-state index >= 15 is 0 Å². The van der Waals surface area contributed by atoms with Gasteiger partial charge in [-0.1, -0.05) is 30.3 Å². The van der Waals surface area contributed by atoms with Crippen LogP contribution in [0.4, 0.5) is 13.2 Å². The van der Waals surface area contributed by atoms with Gasteiger partial charge in [-0.3, -0.25) is 0 Å². The van der Waals surface area contributed by atoms with Gasteiger partial charge in [0, 0.05) is 0 Å². The molecule has 2 rings (SSSR count). The van der Waals surface area contributed by atoms with E-state index in [1.54, 1.807) is 7.05 Å². The van der Waals surface area contributed by atoms with Crippen LogP contribution in [0.5, 0.6) is 5.75 Å². The fraction of sp³-hybridized carbons (Fsp3) is 0.250. The molecule has 1 atom stereocenters. The second-order valence-corrected chi connectivity index (χ2v) is 4.59. The minimum absolute atomic E-state index is 0.174. The Bertz CT molecular complexity index is 552. The predicted molar refractivity (Wildman–Crippen MR) is 75.2 cm³/mol. The first-order valence-electron chi connectivity index (χ1n) is 6.53. The lowest BCUT2D eigenvalue weighted by Crippen LogP contribution is -2.23. The molecule has 0 aliphatic rings. The Morgan fingerprint density at radius 1 is 1.00 bits per heavy atom. The van der Waals surface area contributed by atoms with Gasteiger partial charge in [-0.2, -0.15) is 13.2 Å². The lowest BCUT2D eigenvalue weighted by atomic mass is 10.1. The maximum Gasteiger partial charge on any atom is 0.416 e. The average molecular weight is 295 g/mol. The normalized spacial score (nSPS) is 13.0. The van der Waals surface area contributed by atoms with Crippen molar-refractivity contribution in [2.24, 2.45) is 0 Å². The maximum atomic E-state index is 12.5. The summed E-state index contributed by atoms with van der Waals surface area (Å²) in [6.45, 7) is 0.339. The number of hydrogen-bond donors (Lipinski definition) is 1. The van der Waals surface area contributed by atoms with E-state index in [0.29, 0.717) is 6.61 Å². The molecule has 0 saturated carbocycles. The first-order valence-corrected chi connectivity index (χ1v) is 6.53. The van der Waals surface area contributed by atoms with Crippen molar-refractivity contribution in [3.8, 4) is 5.75 Å². The molecule has 2 nitrogen and oxygen atoms in total. The van der Waals surface area contributed by atoms with Gasteiger partial charge in [-0.25, -0.2) is 0 Å². The molecule has 0 aliphatic carbocycles. The van der Waals surface area contributed by atoms with Crippen molar-refractivity contribution in [2.45, 2.75) is 12.2 Å². The molecule has 0 aromatic heterocycles. The zero-order chi connectivity index (χ0) is 15.3. The zero-order valence-electron chi connectivity index (χ0n) is 11.5. The van der Waals surface area contributed by atoms with E-state index in [2.05, 4.69) is 5.32 Å². The molecular weight excluding hydrogens is 279 g/mol. The second kappa shape index (κ2) is 6.63. The van der Waals surface area contributed by atoms with Gasteiger partial charge in [0.25, 0.3) is 0 Å². The summed E-state index contributed by atoms with van der Waals surface area (Å²) >= 11 is 0. The molecule has 1 unspecified atom stereocenters. The summed E-state index contributed by atoms with van der Waals surface area (Å²) in [5, 5.41) is 3.04. The number of halogens is 3.